The zero-order valence-electron chi connectivity index (χ0n) is 19.7. The van der Waals surface area contributed by atoms with Gasteiger partial charge in [-0.15, -0.1) is 0 Å². The maximum atomic E-state index is 12.9. The third kappa shape index (κ3) is 7.30. The number of hydrogen-bond donors (Lipinski definition) is 2. The summed E-state index contributed by atoms with van der Waals surface area (Å²) in [6.07, 6.45) is 3.31. The number of hydrogen-bond acceptors (Lipinski definition) is 4. The Labute approximate surface area is 199 Å². The first kappa shape index (κ1) is 25.2. The van der Waals surface area contributed by atoms with E-state index in [1.807, 2.05) is 4.90 Å². The van der Waals surface area contributed by atoms with Crippen LogP contribution in [-0.4, -0.2) is 54.4 Å². The van der Waals surface area contributed by atoms with Crippen LogP contribution in [0.25, 0.3) is 0 Å². The smallest absolute Gasteiger partial charge is 0.260 e. The Hall–Kier alpha value is -3.42. The number of carbonyl (C=O) groups is 3. The summed E-state index contributed by atoms with van der Waals surface area (Å²) in [6, 6.07) is 12.8. The van der Waals surface area contributed by atoms with E-state index in [-0.39, 0.29) is 61.7 Å². The van der Waals surface area contributed by atoms with Gasteiger partial charge in [0.1, 0.15) is 11.6 Å². The lowest BCUT2D eigenvalue weighted by molar-refractivity contribution is -0.139. The first-order valence-corrected chi connectivity index (χ1v) is 11.7. The molecule has 0 spiro atoms. The second-order valence-corrected chi connectivity index (χ2v) is 8.65. The summed E-state index contributed by atoms with van der Waals surface area (Å²) in [5, 5.41) is 5.46. The van der Waals surface area contributed by atoms with E-state index in [1.54, 1.807) is 36.4 Å². The summed E-state index contributed by atoms with van der Waals surface area (Å²) in [5.41, 5.74) is 1.17. The third-order valence-electron chi connectivity index (χ3n) is 5.97. The van der Waals surface area contributed by atoms with Crippen LogP contribution in [0.5, 0.6) is 5.75 Å². The highest BCUT2D eigenvalue weighted by Gasteiger charge is 2.28. The molecule has 1 saturated heterocycles. The minimum Gasteiger partial charge on any atom is -0.484 e. The molecule has 2 aromatic carbocycles. The molecule has 2 unspecified atom stereocenters. The number of piperidine rings is 1. The number of likely N-dealkylation sites (tertiary alicyclic amines) is 1. The highest BCUT2D eigenvalue weighted by Crippen LogP contribution is 2.23. The third-order valence-corrected chi connectivity index (χ3v) is 5.97. The number of nitrogens with zero attached hydrogens (tertiary/aromatic N) is 1. The summed E-state index contributed by atoms with van der Waals surface area (Å²) < 4.78 is 18.6. The molecule has 7 nitrogen and oxygen atoms in total. The van der Waals surface area contributed by atoms with Gasteiger partial charge in [0.05, 0.1) is 6.42 Å². The largest absolute Gasteiger partial charge is 0.484 e. The average Bonchev–Trinajstić information content (AvgIpc) is 2.82. The standard InChI is InChI=1S/C26H32FN3O4/c1-18-4-3-5-19(2)30(18)25(32)17-34-23-12-8-21(9-13-23)26(33)29-15-14-28-24(31)16-20-6-10-22(27)11-7-20/h6-13,18-19H,3-5,14-17H2,1-2H3,(H,28,31)(H,29,33). The first-order chi connectivity index (χ1) is 16.3. The fraction of sp³-hybridized carbons (Fsp3) is 0.423. The molecule has 8 heteroatoms. The van der Waals surface area contributed by atoms with Crippen molar-refractivity contribution in [1.29, 1.82) is 0 Å². The monoisotopic (exact) mass is 469 g/mol. The van der Waals surface area contributed by atoms with E-state index in [4.69, 9.17) is 4.74 Å². The van der Waals surface area contributed by atoms with Crippen molar-refractivity contribution in [2.24, 2.45) is 0 Å². The van der Waals surface area contributed by atoms with E-state index in [0.29, 0.717) is 16.9 Å². The highest BCUT2D eigenvalue weighted by molar-refractivity contribution is 5.94. The van der Waals surface area contributed by atoms with Gasteiger partial charge in [-0.2, -0.15) is 0 Å². The van der Waals surface area contributed by atoms with Crippen LogP contribution in [0.2, 0.25) is 0 Å². The number of halogens is 1. The Morgan fingerprint density at radius 3 is 2.21 bits per heavy atom. The summed E-state index contributed by atoms with van der Waals surface area (Å²) >= 11 is 0. The molecule has 0 aliphatic carbocycles. The summed E-state index contributed by atoms with van der Waals surface area (Å²) in [7, 11) is 0. The molecule has 0 saturated carbocycles. The molecule has 0 bridgehead atoms. The Balaban J connectivity index is 1.37. The van der Waals surface area contributed by atoms with Crippen LogP contribution in [0.3, 0.4) is 0 Å². The fourth-order valence-electron chi connectivity index (χ4n) is 4.17. The topological polar surface area (TPSA) is 87.7 Å². The number of rotatable bonds is 9. The Kier molecular flexibility index (Phi) is 9.01. The van der Waals surface area contributed by atoms with E-state index < -0.39 is 0 Å². The lowest BCUT2D eigenvalue weighted by atomic mass is 9.97. The van der Waals surface area contributed by atoms with E-state index >= 15 is 0 Å². The molecular weight excluding hydrogens is 437 g/mol. The number of benzene rings is 2. The van der Waals surface area contributed by atoms with E-state index in [0.717, 1.165) is 19.3 Å². The Bertz CT molecular complexity index is 969. The first-order valence-electron chi connectivity index (χ1n) is 11.7. The Morgan fingerprint density at radius 2 is 1.56 bits per heavy atom. The van der Waals surface area contributed by atoms with Crippen molar-refractivity contribution in [1.82, 2.24) is 15.5 Å². The Morgan fingerprint density at radius 1 is 0.941 bits per heavy atom. The van der Waals surface area contributed by atoms with Gasteiger partial charge >= 0.3 is 0 Å². The van der Waals surface area contributed by atoms with Gasteiger partial charge in [-0.25, -0.2) is 4.39 Å². The summed E-state index contributed by atoms with van der Waals surface area (Å²) in [6.45, 7) is 4.66. The molecule has 3 amide bonds. The lowest BCUT2D eigenvalue weighted by Crippen LogP contribution is -2.49. The van der Waals surface area contributed by atoms with Gasteiger partial charge < -0.3 is 20.3 Å². The molecule has 2 atom stereocenters. The van der Waals surface area contributed by atoms with Crippen LogP contribution < -0.4 is 15.4 Å². The predicted octanol–water partition coefficient (Wildman–Crippen LogP) is 3.08. The van der Waals surface area contributed by atoms with Crippen molar-refractivity contribution >= 4 is 17.7 Å². The van der Waals surface area contributed by atoms with Crippen LogP contribution in [0, 0.1) is 5.82 Å². The van der Waals surface area contributed by atoms with Gasteiger partial charge in [-0.05, 0) is 75.1 Å². The minimum absolute atomic E-state index is 0.0250. The molecule has 0 aromatic heterocycles. The SMILES string of the molecule is CC1CCCC(C)N1C(=O)COc1ccc(C(=O)NCCNC(=O)Cc2ccc(F)cc2)cc1. The highest BCUT2D eigenvalue weighted by atomic mass is 19.1. The van der Waals surface area contributed by atoms with Gasteiger partial charge in [-0.1, -0.05) is 12.1 Å². The molecule has 2 aromatic rings. The van der Waals surface area contributed by atoms with Gasteiger partial charge in [0.15, 0.2) is 6.61 Å². The molecule has 2 N–H and O–H groups in total. The molecule has 1 heterocycles. The van der Waals surface area contributed by atoms with Crippen LogP contribution >= 0.6 is 0 Å². The van der Waals surface area contributed by atoms with Gasteiger partial charge in [0.2, 0.25) is 5.91 Å². The van der Waals surface area contributed by atoms with E-state index in [1.165, 1.54) is 12.1 Å². The van der Waals surface area contributed by atoms with Crippen molar-refractivity contribution < 1.29 is 23.5 Å². The molecule has 1 aliphatic rings. The van der Waals surface area contributed by atoms with Crippen LogP contribution in [0.15, 0.2) is 48.5 Å². The molecule has 1 fully saturated rings. The normalized spacial score (nSPS) is 17.7. The molecule has 182 valence electrons. The maximum absolute atomic E-state index is 12.9. The van der Waals surface area contributed by atoms with Crippen molar-refractivity contribution in [3.63, 3.8) is 0 Å². The quantitative estimate of drug-likeness (QED) is 0.553. The summed E-state index contributed by atoms with van der Waals surface area (Å²) in [4.78, 5) is 38.7. The van der Waals surface area contributed by atoms with E-state index in [2.05, 4.69) is 24.5 Å². The molecule has 0 radical (unpaired) electrons. The van der Waals surface area contributed by atoms with Crippen molar-refractivity contribution in [2.75, 3.05) is 19.7 Å². The second kappa shape index (κ2) is 12.2. The van der Waals surface area contributed by atoms with Crippen LogP contribution in [0.1, 0.15) is 49.0 Å². The molecule has 3 rings (SSSR count). The number of carbonyl (C=O) groups excluding carboxylic acids is 3. The molecule has 34 heavy (non-hydrogen) atoms. The van der Waals surface area contributed by atoms with Crippen LogP contribution in [-0.2, 0) is 16.0 Å². The minimum atomic E-state index is -0.346. The van der Waals surface area contributed by atoms with Gasteiger partial charge in [0, 0.05) is 30.7 Å². The molecular formula is C26H32FN3O4. The second-order valence-electron chi connectivity index (χ2n) is 8.65. The number of amides is 3. The predicted molar refractivity (Wildman–Crippen MR) is 127 cm³/mol. The van der Waals surface area contributed by atoms with E-state index in [9.17, 15) is 18.8 Å². The number of ether oxygens (including phenoxy) is 1. The maximum Gasteiger partial charge on any atom is 0.260 e. The average molecular weight is 470 g/mol. The fourth-order valence-corrected chi connectivity index (χ4v) is 4.17. The zero-order valence-corrected chi connectivity index (χ0v) is 19.7. The molecule has 1 aliphatic heterocycles. The van der Waals surface area contributed by atoms with Crippen molar-refractivity contribution in [3.05, 3.63) is 65.5 Å². The van der Waals surface area contributed by atoms with Gasteiger partial charge in [-0.3, -0.25) is 14.4 Å². The lowest BCUT2D eigenvalue weighted by Gasteiger charge is -2.38. The van der Waals surface area contributed by atoms with Crippen molar-refractivity contribution in [3.8, 4) is 5.75 Å². The van der Waals surface area contributed by atoms with Gasteiger partial charge in [0.25, 0.3) is 11.8 Å². The van der Waals surface area contributed by atoms with Crippen LogP contribution in [0.4, 0.5) is 4.39 Å². The van der Waals surface area contributed by atoms with Crippen molar-refractivity contribution in [2.45, 2.75) is 51.6 Å². The summed E-state index contributed by atoms with van der Waals surface area (Å²) in [5.74, 6) is -0.323. The zero-order chi connectivity index (χ0) is 24.5. The number of nitrogens with one attached hydrogen (secondary N) is 2.